The highest BCUT2D eigenvalue weighted by Crippen LogP contribution is 2.17. The van der Waals surface area contributed by atoms with E-state index in [2.05, 4.69) is 10.6 Å². The van der Waals surface area contributed by atoms with Gasteiger partial charge in [-0.3, -0.25) is 4.79 Å². The average molecular weight is 320 g/mol. The third-order valence-corrected chi connectivity index (χ3v) is 3.03. The number of amides is 1. The van der Waals surface area contributed by atoms with Crippen LogP contribution in [0, 0.1) is 11.6 Å². The number of anilines is 1. The highest BCUT2D eigenvalue weighted by Gasteiger charge is 2.03. The molecule has 0 unspecified atom stereocenters. The van der Waals surface area contributed by atoms with Crippen molar-refractivity contribution >= 4 is 11.6 Å². The first kappa shape index (κ1) is 16.9. The predicted octanol–water partition coefficient (Wildman–Crippen LogP) is 3.09. The molecule has 122 valence electrons. The lowest BCUT2D eigenvalue weighted by atomic mass is 10.2. The Morgan fingerprint density at radius 3 is 2.78 bits per heavy atom. The summed E-state index contributed by atoms with van der Waals surface area (Å²) in [4.78, 5) is 11.0. The molecule has 0 aliphatic heterocycles. The van der Waals surface area contributed by atoms with E-state index in [4.69, 9.17) is 4.74 Å². The molecule has 0 saturated carbocycles. The molecule has 6 heteroatoms. The molecular weight excluding hydrogens is 302 g/mol. The second-order valence-corrected chi connectivity index (χ2v) is 4.97. The molecule has 0 bridgehead atoms. The van der Waals surface area contributed by atoms with Crippen LogP contribution in [0.4, 0.5) is 14.5 Å². The van der Waals surface area contributed by atoms with Crippen molar-refractivity contribution in [1.82, 2.24) is 5.32 Å². The Morgan fingerprint density at radius 1 is 1.17 bits per heavy atom. The lowest BCUT2D eigenvalue weighted by molar-refractivity contribution is -0.114. The number of carbonyl (C=O) groups is 1. The summed E-state index contributed by atoms with van der Waals surface area (Å²) in [6.45, 7) is 2.49. The number of benzene rings is 2. The number of carbonyl (C=O) groups excluding carboxylic acids is 1. The van der Waals surface area contributed by atoms with Crippen LogP contribution in [-0.2, 0) is 11.3 Å². The zero-order valence-corrected chi connectivity index (χ0v) is 12.7. The van der Waals surface area contributed by atoms with Crippen LogP contribution >= 0.6 is 0 Å². The summed E-state index contributed by atoms with van der Waals surface area (Å²) in [6, 6.07) is 10.4. The van der Waals surface area contributed by atoms with Crippen LogP contribution in [0.2, 0.25) is 0 Å². The fourth-order valence-corrected chi connectivity index (χ4v) is 2.01. The molecule has 0 fully saturated rings. The van der Waals surface area contributed by atoms with Crippen LogP contribution < -0.4 is 15.4 Å². The van der Waals surface area contributed by atoms with Crippen molar-refractivity contribution < 1.29 is 18.3 Å². The molecular formula is C17H18F2N2O2. The zero-order valence-electron chi connectivity index (χ0n) is 12.7. The first-order valence-electron chi connectivity index (χ1n) is 7.19. The number of hydrogen-bond donors (Lipinski definition) is 2. The number of rotatable bonds is 7. The van der Waals surface area contributed by atoms with Crippen molar-refractivity contribution in [3.63, 3.8) is 0 Å². The van der Waals surface area contributed by atoms with Gasteiger partial charge in [0.05, 0.1) is 0 Å². The normalized spacial score (nSPS) is 10.4. The maximum Gasteiger partial charge on any atom is 0.221 e. The van der Waals surface area contributed by atoms with Gasteiger partial charge in [0, 0.05) is 37.3 Å². The fraction of sp³-hybridized carbons (Fsp3) is 0.235. The molecule has 1 amide bonds. The quantitative estimate of drug-likeness (QED) is 0.771. The topological polar surface area (TPSA) is 50.4 Å². The molecule has 0 spiro atoms. The van der Waals surface area contributed by atoms with Crippen LogP contribution in [0.5, 0.6) is 5.75 Å². The van der Waals surface area contributed by atoms with E-state index in [-0.39, 0.29) is 18.0 Å². The summed E-state index contributed by atoms with van der Waals surface area (Å²) in [5.41, 5.74) is 0.933. The molecule has 2 aromatic carbocycles. The average Bonchev–Trinajstić information content (AvgIpc) is 2.50. The van der Waals surface area contributed by atoms with E-state index in [0.717, 1.165) is 12.1 Å². The molecule has 0 aliphatic rings. The van der Waals surface area contributed by atoms with Crippen molar-refractivity contribution in [2.24, 2.45) is 0 Å². The van der Waals surface area contributed by atoms with Gasteiger partial charge >= 0.3 is 0 Å². The molecule has 0 saturated heterocycles. The van der Waals surface area contributed by atoms with Gasteiger partial charge in [0.15, 0.2) is 0 Å². The van der Waals surface area contributed by atoms with Crippen LogP contribution in [0.1, 0.15) is 12.5 Å². The second-order valence-electron chi connectivity index (χ2n) is 4.97. The minimum absolute atomic E-state index is 0.152. The summed E-state index contributed by atoms with van der Waals surface area (Å²) >= 11 is 0. The molecule has 2 rings (SSSR count). The highest BCUT2D eigenvalue weighted by molar-refractivity contribution is 5.88. The smallest absolute Gasteiger partial charge is 0.221 e. The van der Waals surface area contributed by atoms with E-state index in [1.165, 1.54) is 13.0 Å². The largest absolute Gasteiger partial charge is 0.492 e. The Hall–Kier alpha value is -2.47. The maximum atomic E-state index is 13.4. The van der Waals surface area contributed by atoms with Gasteiger partial charge < -0.3 is 15.4 Å². The van der Waals surface area contributed by atoms with Crippen LogP contribution in [0.15, 0.2) is 42.5 Å². The lowest BCUT2D eigenvalue weighted by Crippen LogP contribution is -2.21. The number of nitrogens with one attached hydrogen (secondary N) is 2. The summed E-state index contributed by atoms with van der Waals surface area (Å²) in [5, 5.41) is 5.65. The Balaban J connectivity index is 1.75. The number of halogens is 2. The maximum absolute atomic E-state index is 13.4. The number of hydrogen-bond acceptors (Lipinski definition) is 3. The van der Waals surface area contributed by atoms with E-state index in [0.29, 0.717) is 24.6 Å². The van der Waals surface area contributed by atoms with E-state index >= 15 is 0 Å². The predicted molar refractivity (Wildman–Crippen MR) is 84.3 cm³/mol. The molecule has 0 radical (unpaired) electrons. The van der Waals surface area contributed by atoms with Gasteiger partial charge in [-0.05, 0) is 30.3 Å². The van der Waals surface area contributed by atoms with Crippen LogP contribution in [0.3, 0.4) is 0 Å². The van der Waals surface area contributed by atoms with Crippen LogP contribution in [-0.4, -0.2) is 19.1 Å². The van der Waals surface area contributed by atoms with Crippen molar-refractivity contribution in [2.45, 2.75) is 13.5 Å². The van der Waals surface area contributed by atoms with Gasteiger partial charge in [0.1, 0.15) is 24.0 Å². The van der Waals surface area contributed by atoms with E-state index in [1.54, 1.807) is 24.3 Å². The molecule has 23 heavy (non-hydrogen) atoms. The van der Waals surface area contributed by atoms with Gasteiger partial charge in [-0.2, -0.15) is 0 Å². The summed E-state index contributed by atoms with van der Waals surface area (Å²) < 4.78 is 32.0. The van der Waals surface area contributed by atoms with Gasteiger partial charge in [-0.1, -0.05) is 6.07 Å². The first-order valence-corrected chi connectivity index (χ1v) is 7.19. The molecule has 0 atom stereocenters. The highest BCUT2D eigenvalue weighted by atomic mass is 19.1. The van der Waals surface area contributed by atoms with E-state index in [1.807, 2.05) is 0 Å². The second kappa shape index (κ2) is 8.24. The van der Waals surface area contributed by atoms with Crippen molar-refractivity contribution in [3.8, 4) is 5.75 Å². The van der Waals surface area contributed by atoms with Crippen molar-refractivity contribution in [3.05, 3.63) is 59.7 Å². The zero-order chi connectivity index (χ0) is 16.7. The van der Waals surface area contributed by atoms with Gasteiger partial charge in [0.25, 0.3) is 0 Å². The van der Waals surface area contributed by atoms with Crippen molar-refractivity contribution in [2.75, 3.05) is 18.5 Å². The van der Waals surface area contributed by atoms with Gasteiger partial charge in [-0.25, -0.2) is 8.78 Å². The summed E-state index contributed by atoms with van der Waals surface area (Å²) in [5.74, 6) is -0.437. The Morgan fingerprint density at radius 2 is 2.00 bits per heavy atom. The van der Waals surface area contributed by atoms with E-state index in [9.17, 15) is 13.6 Å². The Bertz CT molecular complexity index is 677. The molecule has 0 aromatic heterocycles. The lowest BCUT2D eigenvalue weighted by Gasteiger charge is -2.10. The number of ether oxygens (including phenoxy) is 1. The Kier molecular flexibility index (Phi) is 6.05. The van der Waals surface area contributed by atoms with Crippen molar-refractivity contribution in [1.29, 1.82) is 0 Å². The first-order chi connectivity index (χ1) is 11.0. The minimum Gasteiger partial charge on any atom is -0.492 e. The SMILES string of the molecule is CC(=O)Nc1cccc(OCCNCc2cc(F)ccc2F)c1. The van der Waals surface area contributed by atoms with Gasteiger partial charge in [0.2, 0.25) is 5.91 Å². The summed E-state index contributed by atoms with van der Waals surface area (Å²) in [7, 11) is 0. The van der Waals surface area contributed by atoms with E-state index < -0.39 is 11.6 Å². The monoisotopic (exact) mass is 320 g/mol. The Labute approximate surface area is 133 Å². The minimum atomic E-state index is -0.464. The summed E-state index contributed by atoms with van der Waals surface area (Å²) in [6.07, 6.45) is 0. The van der Waals surface area contributed by atoms with Crippen LogP contribution in [0.25, 0.3) is 0 Å². The third-order valence-electron chi connectivity index (χ3n) is 3.03. The van der Waals surface area contributed by atoms with Gasteiger partial charge in [-0.15, -0.1) is 0 Å². The molecule has 2 aromatic rings. The fourth-order valence-electron chi connectivity index (χ4n) is 2.01. The third kappa shape index (κ3) is 5.67. The molecule has 0 aliphatic carbocycles. The molecule has 2 N–H and O–H groups in total. The molecule has 4 nitrogen and oxygen atoms in total. The molecule has 0 heterocycles. The standard InChI is InChI=1S/C17H18F2N2O2/c1-12(22)21-15-3-2-4-16(10-15)23-8-7-20-11-13-9-14(18)5-6-17(13)19/h2-6,9-10,20H,7-8,11H2,1H3,(H,21,22).